The largest absolute Gasteiger partial charge is 0.328 e. The van der Waals surface area contributed by atoms with Gasteiger partial charge in [0.05, 0.1) is 5.75 Å². The van der Waals surface area contributed by atoms with Crippen LogP contribution in [0.1, 0.15) is 11.3 Å². The van der Waals surface area contributed by atoms with E-state index in [0.717, 1.165) is 16.8 Å². The van der Waals surface area contributed by atoms with Crippen molar-refractivity contribution in [3.8, 4) is 17.3 Å². The average molecular weight is 315 g/mol. The van der Waals surface area contributed by atoms with Crippen LogP contribution < -0.4 is 5.14 Å². The molecule has 0 aliphatic carbocycles. The standard InChI is InChI=1S/C16H17N3O2S/c1-2-10-19-15(12-17)7-8-16(19)14-5-3-13(4-6-14)9-11-22(18,20)21/h2-8H,1,9-11H2,(H2,18,20,21). The monoisotopic (exact) mass is 315 g/mol. The van der Waals surface area contributed by atoms with E-state index in [1.807, 2.05) is 34.9 Å². The van der Waals surface area contributed by atoms with Gasteiger partial charge < -0.3 is 4.57 Å². The number of benzene rings is 1. The number of allylic oxidation sites excluding steroid dienone is 1. The third-order valence-electron chi connectivity index (χ3n) is 3.33. The second kappa shape index (κ2) is 6.60. The van der Waals surface area contributed by atoms with Gasteiger partial charge in [-0.3, -0.25) is 0 Å². The van der Waals surface area contributed by atoms with E-state index < -0.39 is 10.0 Å². The molecule has 0 saturated carbocycles. The summed E-state index contributed by atoms with van der Waals surface area (Å²) in [5.74, 6) is -0.0717. The molecule has 2 aromatic rings. The van der Waals surface area contributed by atoms with Crippen molar-refractivity contribution in [2.24, 2.45) is 5.14 Å². The van der Waals surface area contributed by atoms with E-state index in [-0.39, 0.29) is 5.75 Å². The Morgan fingerprint density at radius 1 is 1.23 bits per heavy atom. The smallest absolute Gasteiger partial charge is 0.209 e. The first-order chi connectivity index (χ1) is 10.4. The van der Waals surface area contributed by atoms with Crippen LogP contribution in [0, 0.1) is 11.3 Å². The zero-order valence-corrected chi connectivity index (χ0v) is 12.9. The summed E-state index contributed by atoms with van der Waals surface area (Å²) in [5, 5.41) is 14.1. The molecule has 6 heteroatoms. The number of primary sulfonamides is 1. The van der Waals surface area contributed by atoms with Gasteiger partial charge in [0.15, 0.2) is 0 Å². The summed E-state index contributed by atoms with van der Waals surface area (Å²) >= 11 is 0. The summed E-state index contributed by atoms with van der Waals surface area (Å²) in [7, 11) is -3.45. The minimum Gasteiger partial charge on any atom is -0.328 e. The summed E-state index contributed by atoms with van der Waals surface area (Å²) in [4.78, 5) is 0. The highest BCUT2D eigenvalue weighted by Gasteiger charge is 2.09. The van der Waals surface area contributed by atoms with Gasteiger partial charge in [0, 0.05) is 12.2 Å². The Morgan fingerprint density at radius 2 is 1.91 bits per heavy atom. The van der Waals surface area contributed by atoms with Crippen molar-refractivity contribution in [3.63, 3.8) is 0 Å². The van der Waals surface area contributed by atoms with Crippen molar-refractivity contribution < 1.29 is 8.42 Å². The highest BCUT2D eigenvalue weighted by Crippen LogP contribution is 2.23. The Hall–Kier alpha value is -2.36. The molecular weight excluding hydrogens is 298 g/mol. The highest BCUT2D eigenvalue weighted by atomic mass is 32.2. The van der Waals surface area contributed by atoms with Crippen molar-refractivity contribution >= 4 is 10.0 Å². The lowest BCUT2D eigenvalue weighted by molar-refractivity contribution is 0.597. The molecule has 22 heavy (non-hydrogen) atoms. The maximum absolute atomic E-state index is 11.0. The molecule has 1 aromatic heterocycles. The summed E-state index contributed by atoms with van der Waals surface area (Å²) in [5.41, 5.74) is 3.37. The number of aromatic nitrogens is 1. The van der Waals surface area contributed by atoms with Crippen molar-refractivity contribution in [2.75, 3.05) is 5.75 Å². The molecule has 0 aliphatic heterocycles. The topological polar surface area (TPSA) is 88.9 Å². The van der Waals surface area contributed by atoms with Crippen LogP contribution in [-0.4, -0.2) is 18.7 Å². The first-order valence-electron chi connectivity index (χ1n) is 6.75. The van der Waals surface area contributed by atoms with Gasteiger partial charge in [-0.1, -0.05) is 30.3 Å². The summed E-state index contributed by atoms with van der Waals surface area (Å²) < 4.78 is 23.8. The quantitative estimate of drug-likeness (QED) is 0.827. The number of nitrogens with two attached hydrogens (primary N) is 1. The molecule has 0 amide bonds. The van der Waals surface area contributed by atoms with E-state index in [1.165, 1.54) is 0 Å². The summed E-state index contributed by atoms with van der Waals surface area (Å²) in [6.45, 7) is 4.26. The van der Waals surface area contributed by atoms with E-state index in [2.05, 4.69) is 12.6 Å². The van der Waals surface area contributed by atoms with Crippen LogP contribution in [0.4, 0.5) is 0 Å². The van der Waals surface area contributed by atoms with E-state index in [1.54, 1.807) is 12.1 Å². The number of aryl methyl sites for hydroxylation is 1. The molecule has 0 saturated heterocycles. The summed E-state index contributed by atoms with van der Waals surface area (Å²) in [6.07, 6.45) is 2.13. The zero-order valence-electron chi connectivity index (χ0n) is 12.1. The maximum Gasteiger partial charge on any atom is 0.209 e. The van der Waals surface area contributed by atoms with Gasteiger partial charge in [-0.15, -0.1) is 6.58 Å². The fourth-order valence-electron chi connectivity index (χ4n) is 2.25. The Balaban J connectivity index is 2.26. The lowest BCUT2D eigenvalue weighted by atomic mass is 10.1. The van der Waals surface area contributed by atoms with Gasteiger partial charge in [0.25, 0.3) is 0 Å². The number of hydrogen-bond donors (Lipinski definition) is 1. The minimum absolute atomic E-state index is 0.0717. The van der Waals surface area contributed by atoms with Crippen LogP contribution >= 0.6 is 0 Å². The van der Waals surface area contributed by atoms with Crippen LogP contribution in [0.2, 0.25) is 0 Å². The number of hydrogen-bond acceptors (Lipinski definition) is 3. The second-order valence-corrected chi connectivity index (χ2v) is 6.66. The predicted molar refractivity (Wildman–Crippen MR) is 86.5 cm³/mol. The zero-order chi connectivity index (χ0) is 16.2. The lowest BCUT2D eigenvalue weighted by Crippen LogP contribution is -2.17. The van der Waals surface area contributed by atoms with Crippen LogP contribution in [0.5, 0.6) is 0 Å². The number of sulfonamides is 1. The van der Waals surface area contributed by atoms with Gasteiger partial charge in [-0.2, -0.15) is 5.26 Å². The SMILES string of the molecule is C=CCn1c(C#N)ccc1-c1ccc(CCS(N)(=O)=O)cc1. The molecule has 114 valence electrons. The molecule has 0 spiro atoms. The Labute approximate surface area is 130 Å². The van der Waals surface area contributed by atoms with E-state index >= 15 is 0 Å². The van der Waals surface area contributed by atoms with Gasteiger partial charge in [0.2, 0.25) is 10.0 Å². The normalized spacial score (nSPS) is 11.1. The van der Waals surface area contributed by atoms with E-state index in [0.29, 0.717) is 18.7 Å². The van der Waals surface area contributed by atoms with Crippen LogP contribution in [0.25, 0.3) is 11.3 Å². The number of nitrogens with zero attached hydrogens (tertiary/aromatic N) is 2. The van der Waals surface area contributed by atoms with Gasteiger partial charge >= 0.3 is 0 Å². The van der Waals surface area contributed by atoms with Gasteiger partial charge in [-0.05, 0) is 29.7 Å². The highest BCUT2D eigenvalue weighted by molar-refractivity contribution is 7.89. The molecule has 2 rings (SSSR count). The molecule has 1 heterocycles. The molecule has 1 aromatic carbocycles. The molecule has 0 atom stereocenters. The van der Waals surface area contributed by atoms with Gasteiger partial charge in [-0.25, -0.2) is 13.6 Å². The third kappa shape index (κ3) is 3.85. The molecule has 0 unspecified atom stereocenters. The predicted octanol–water partition coefficient (Wildman–Crippen LogP) is 2.04. The number of rotatable bonds is 6. The Bertz CT molecular complexity index is 812. The van der Waals surface area contributed by atoms with Crippen LogP contribution in [0.3, 0.4) is 0 Å². The average Bonchev–Trinajstić information content (AvgIpc) is 2.88. The van der Waals surface area contributed by atoms with Crippen molar-refractivity contribution in [3.05, 3.63) is 60.3 Å². The summed E-state index contributed by atoms with van der Waals surface area (Å²) in [6, 6.07) is 13.4. The fraction of sp³-hybridized carbons (Fsp3) is 0.188. The number of nitriles is 1. The Kier molecular flexibility index (Phi) is 4.81. The molecule has 0 bridgehead atoms. The lowest BCUT2D eigenvalue weighted by Gasteiger charge is -2.09. The molecule has 2 N–H and O–H groups in total. The molecular formula is C16H17N3O2S. The molecule has 5 nitrogen and oxygen atoms in total. The van der Waals surface area contributed by atoms with Crippen molar-refractivity contribution in [1.82, 2.24) is 4.57 Å². The van der Waals surface area contributed by atoms with Crippen molar-refractivity contribution in [1.29, 1.82) is 5.26 Å². The molecule has 0 aliphatic rings. The van der Waals surface area contributed by atoms with E-state index in [9.17, 15) is 8.42 Å². The molecule has 0 fully saturated rings. The first-order valence-corrected chi connectivity index (χ1v) is 8.46. The second-order valence-electron chi connectivity index (χ2n) is 4.93. The Morgan fingerprint density at radius 3 is 2.45 bits per heavy atom. The van der Waals surface area contributed by atoms with E-state index in [4.69, 9.17) is 10.4 Å². The first kappa shape index (κ1) is 16.0. The van der Waals surface area contributed by atoms with Crippen LogP contribution in [-0.2, 0) is 23.0 Å². The van der Waals surface area contributed by atoms with Crippen LogP contribution in [0.15, 0.2) is 49.1 Å². The third-order valence-corrected chi connectivity index (χ3v) is 4.11. The molecule has 0 radical (unpaired) electrons. The van der Waals surface area contributed by atoms with Crippen molar-refractivity contribution in [2.45, 2.75) is 13.0 Å². The minimum atomic E-state index is -3.45. The fourth-order valence-corrected chi connectivity index (χ4v) is 2.77. The maximum atomic E-state index is 11.0. The van der Waals surface area contributed by atoms with Gasteiger partial charge in [0.1, 0.15) is 11.8 Å².